The number of aromatic nitrogens is 3. The van der Waals surface area contributed by atoms with Gasteiger partial charge in [0.2, 0.25) is 0 Å². The quantitative estimate of drug-likeness (QED) is 0.262. The second-order valence-electron chi connectivity index (χ2n) is 16.3. The molecule has 3 N–H and O–H groups in total. The Labute approximate surface area is 287 Å². The van der Waals surface area contributed by atoms with Gasteiger partial charge in [-0.05, 0) is 73.3 Å². The molecular weight excluding hydrogens is 643 g/mol. The second kappa shape index (κ2) is 10.3. The van der Waals surface area contributed by atoms with Crippen molar-refractivity contribution in [1.29, 1.82) is 0 Å². The number of nitrogen functional groups attached to an aromatic ring is 1. The number of hydrogen-bond donors (Lipinski definition) is 2. The number of piperazine rings is 1. The van der Waals surface area contributed by atoms with E-state index in [-0.39, 0.29) is 76.5 Å². The van der Waals surface area contributed by atoms with Crippen LogP contribution in [0.5, 0.6) is 11.8 Å². The summed E-state index contributed by atoms with van der Waals surface area (Å²) in [6.45, 7) is 2.32. The first-order chi connectivity index (χ1) is 24.3. The summed E-state index contributed by atoms with van der Waals surface area (Å²) in [7, 11) is 0. The largest absolute Gasteiger partial charge is 0.487 e. The number of fused-ring (bicyclic) bond motifs is 7. The number of pyridine rings is 1. The highest BCUT2D eigenvalue weighted by Crippen LogP contribution is 2.57. The molecule has 12 heteroatoms. The number of benzene rings is 2. The average molecular weight is 684 g/mol. The highest BCUT2D eigenvalue weighted by atomic mass is 19.1. The van der Waals surface area contributed by atoms with Crippen LogP contribution in [0.1, 0.15) is 69.3 Å². The predicted octanol–water partition coefficient (Wildman–Crippen LogP) is 6.02. The van der Waals surface area contributed by atoms with Crippen molar-refractivity contribution in [3.05, 3.63) is 41.5 Å². The predicted molar refractivity (Wildman–Crippen MR) is 183 cm³/mol. The number of nitrogens with two attached hydrogens (primary N) is 1. The van der Waals surface area contributed by atoms with E-state index in [1.165, 1.54) is 6.42 Å². The molecule has 260 valence electrons. The van der Waals surface area contributed by atoms with Crippen molar-refractivity contribution in [3.8, 4) is 23.0 Å². The van der Waals surface area contributed by atoms with E-state index in [2.05, 4.69) is 20.1 Å². The molecule has 0 amide bonds. The van der Waals surface area contributed by atoms with E-state index in [1.54, 1.807) is 6.07 Å². The Morgan fingerprint density at radius 1 is 1.04 bits per heavy atom. The highest BCUT2D eigenvalue weighted by Gasteiger charge is 2.60. The van der Waals surface area contributed by atoms with Crippen molar-refractivity contribution in [2.24, 2.45) is 5.41 Å². The van der Waals surface area contributed by atoms with Crippen molar-refractivity contribution in [1.82, 2.24) is 25.2 Å². The Balaban J connectivity index is 1.10. The van der Waals surface area contributed by atoms with Crippen LogP contribution >= 0.6 is 0 Å². The van der Waals surface area contributed by atoms with Crippen molar-refractivity contribution >= 4 is 33.3 Å². The monoisotopic (exact) mass is 683 g/mol. The van der Waals surface area contributed by atoms with Crippen molar-refractivity contribution < 1.29 is 22.6 Å². The van der Waals surface area contributed by atoms with Crippen LogP contribution in [0.3, 0.4) is 0 Å². The van der Waals surface area contributed by atoms with E-state index in [0.717, 1.165) is 62.4 Å². The van der Waals surface area contributed by atoms with Gasteiger partial charge < -0.3 is 25.4 Å². The Morgan fingerprint density at radius 2 is 1.92 bits per heavy atom. The summed E-state index contributed by atoms with van der Waals surface area (Å²) in [6, 6.07) is 7.85. The van der Waals surface area contributed by atoms with Crippen LogP contribution < -0.4 is 25.4 Å². The summed E-state index contributed by atoms with van der Waals surface area (Å²) in [5.41, 5.74) is 6.84. The van der Waals surface area contributed by atoms with Crippen LogP contribution in [0.15, 0.2) is 24.3 Å². The van der Waals surface area contributed by atoms with Gasteiger partial charge in [-0.15, -0.1) is 0 Å². The smallest absolute Gasteiger partial charge is 0.319 e. The molecule has 50 heavy (non-hydrogen) atoms. The molecule has 11 rings (SSSR count). The summed E-state index contributed by atoms with van der Waals surface area (Å²) in [4.78, 5) is 18.6. The van der Waals surface area contributed by atoms with E-state index in [4.69, 9.17) is 25.2 Å². The maximum absolute atomic E-state index is 17.4. The molecule has 2 saturated carbocycles. The van der Waals surface area contributed by atoms with Gasteiger partial charge in [-0.1, -0.05) is 24.6 Å². The standard InChI is InChI=1S/C38H40F3N7O2/c39-21-12-38(16-37(9-2-10-37)17-47(38)13-21)18-50-36-45-33-29-34(49-15-25-24-8-7-22(43-24)14-48(25)35(29)46-36)31(41)28(30(33)40)32-27-20(11-26(42)44-32)3-1-4-23(27)19-5-6-19/h1,3-4,11,19,21-22,24-25,43H,2,5-10,12-18H2,(H2,42,44)/t21-,22?,24?,25?,38-/m1/s1. The maximum Gasteiger partial charge on any atom is 0.319 e. The molecule has 6 fully saturated rings. The average Bonchev–Trinajstić information content (AvgIpc) is 3.73. The fraction of sp³-hybridized carbons (Fsp3) is 0.553. The lowest BCUT2D eigenvalue weighted by Gasteiger charge is -2.40. The first kappa shape index (κ1) is 29.8. The number of ether oxygens (including phenoxy) is 2. The lowest BCUT2D eigenvalue weighted by atomic mass is 9.65. The van der Waals surface area contributed by atoms with Gasteiger partial charge in [-0.25, -0.2) is 18.2 Å². The third kappa shape index (κ3) is 4.23. The molecular formula is C38H40F3N7O2. The van der Waals surface area contributed by atoms with Gasteiger partial charge >= 0.3 is 6.01 Å². The molecule has 2 aliphatic carbocycles. The summed E-state index contributed by atoms with van der Waals surface area (Å²) in [5.74, 6) is -0.868. The fourth-order valence-electron chi connectivity index (χ4n) is 10.7. The van der Waals surface area contributed by atoms with Crippen LogP contribution in [0.4, 0.5) is 24.8 Å². The minimum Gasteiger partial charge on any atom is -0.487 e. The molecule has 5 aliphatic heterocycles. The summed E-state index contributed by atoms with van der Waals surface area (Å²) in [6.07, 6.45) is 7.86. The summed E-state index contributed by atoms with van der Waals surface area (Å²) >= 11 is 0. The molecule has 2 bridgehead atoms. The summed E-state index contributed by atoms with van der Waals surface area (Å²) in [5, 5.41) is 5.36. The second-order valence-corrected chi connectivity index (χ2v) is 16.3. The number of nitrogens with zero attached hydrogens (tertiary/aromatic N) is 5. The molecule has 2 aromatic heterocycles. The lowest BCUT2D eigenvalue weighted by molar-refractivity contribution is 0.104. The van der Waals surface area contributed by atoms with E-state index in [0.29, 0.717) is 36.6 Å². The Bertz CT molecular complexity index is 2110. The van der Waals surface area contributed by atoms with Gasteiger partial charge in [-0.2, -0.15) is 9.97 Å². The van der Waals surface area contributed by atoms with Crippen LogP contribution in [0, 0.1) is 17.0 Å². The Morgan fingerprint density at radius 3 is 2.74 bits per heavy atom. The van der Waals surface area contributed by atoms with Gasteiger partial charge in [0, 0.05) is 43.5 Å². The topological polar surface area (TPSA) is 102 Å². The maximum atomic E-state index is 17.4. The first-order valence-corrected chi connectivity index (χ1v) is 18.4. The number of nitrogens with one attached hydrogen (secondary N) is 1. The minimum atomic E-state index is -0.917. The van der Waals surface area contributed by atoms with Crippen LogP contribution in [-0.4, -0.2) is 82.5 Å². The molecule has 4 saturated heterocycles. The van der Waals surface area contributed by atoms with Crippen molar-refractivity contribution in [2.45, 2.75) is 93.5 Å². The number of anilines is 2. The highest BCUT2D eigenvalue weighted by molar-refractivity contribution is 6.04. The van der Waals surface area contributed by atoms with Gasteiger partial charge in [0.05, 0.1) is 28.2 Å². The zero-order chi connectivity index (χ0) is 33.5. The van der Waals surface area contributed by atoms with Crippen molar-refractivity contribution in [3.63, 3.8) is 0 Å². The van der Waals surface area contributed by atoms with Crippen molar-refractivity contribution in [2.75, 3.05) is 43.5 Å². The van der Waals surface area contributed by atoms with Gasteiger partial charge in [0.15, 0.2) is 17.4 Å². The first-order valence-electron chi connectivity index (χ1n) is 18.4. The number of alkyl halides is 1. The Kier molecular flexibility index (Phi) is 6.16. The molecule has 0 radical (unpaired) electrons. The van der Waals surface area contributed by atoms with E-state index in [9.17, 15) is 4.39 Å². The third-order valence-corrected chi connectivity index (χ3v) is 13.1. The molecule has 7 heterocycles. The molecule has 2 aromatic carbocycles. The summed E-state index contributed by atoms with van der Waals surface area (Å²) < 4.78 is 62.3. The molecule has 5 atom stereocenters. The van der Waals surface area contributed by atoms with Gasteiger partial charge in [0.1, 0.15) is 36.5 Å². The van der Waals surface area contributed by atoms with Crippen LogP contribution in [0.2, 0.25) is 0 Å². The van der Waals surface area contributed by atoms with E-state index < -0.39 is 23.3 Å². The van der Waals surface area contributed by atoms with Gasteiger partial charge in [-0.3, -0.25) is 4.90 Å². The molecule has 3 unspecified atom stereocenters. The Hall–Kier alpha value is -3.90. The zero-order valence-electron chi connectivity index (χ0n) is 27.9. The molecule has 4 aromatic rings. The fourth-order valence-corrected chi connectivity index (χ4v) is 10.7. The number of halogens is 3. The van der Waals surface area contributed by atoms with Crippen LogP contribution in [0.25, 0.3) is 32.9 Å². The SMILES string of the molecule is Nc1cc2cccc(C3CC3)c2c(-c2c(F)c3c4c(nc(OC[C@]56C[C@@H](F)CN5CC5(CCC5)C6)nc4c2F)N2CC4CCC(N4)C2CO3)n1. The third-order valence-electron chi connectivity index (χ3n) is 13.1. The number of rotatable bonds is 5. The molecule has 7 aliphatic rings. The van der Waals surface area contributed by atoms with E-state index >= 15 is 8.78 Å². The van der Waals surface area contributed by atoms with E-state index in [1.807, 2.05) is 18.2 Å². The lowest BCUT2D eigenvalue weighted by Crippen LogP contribution is -2.60. The minimum absolute atomic E-state index is 0.0108. The number of hydrogen-bond acceptors (Lipinski definition) is 9. The molecule has 1 spiro atoms. The zero-order valence-corrected chi connectivity index (χ0v) is 27.9. The van der Waals surface area contributed by atoms with Crippen LogP contribution in [-0.2, 0) is 0 Å². The van der Waals surface area contributed by atoms with Gasteiger partial charge in [0.25, 0.3) is 0 Å². The normalized spacial score (nSPS) is 30.7. The molecule has 9 nitrogen and oxygen atoms in total.